The Bertz CT molecular complexity index is 485. The van der Waals surface area contributed by atoms with Gasteiger partial charge in [0.1, 0.15) is 5.82 Å². The van der Waals surface area contributed by atoms with Crippen LogP contribution in [0.25, 0.3) is 0 Å². The van der Waals surface area contributed by atoms with Crippen LogP contribution in [0.1, 0.15) is 35.6 Å². The van der Waals surface area contributed by atoms with Crippen LogP contribution in [-0.4, -0.2) is 54.6 Å². The highest BCUT2D eigenvalue weighted by Gasteiger charge is 2.16. The minimum Gasteiger partial charge on any atom is -0.463 e. The number of methoxy groups -OCH3 is 1. The number of anilines is 1. The lowest BCUT2D eigenvalue weighted by molar-refractivity contribution is 0.0586. The first-order valence-electron chi connectivity index (χ1n) is 7.45. The van der Waals surface area contributed by atoms with Crippen LogP contribution in [-0.2, 0) is 4.74 Å². The van der Waals surface area contributed by atoms with Crippen LogP contribution in [0, 0.1) is 12.8 Å². The van der Waals surface area contributed by atoms with Gasteiger partial charge < -0.3 is 15.0 Å². The molecule has 0 amide bonds. The van der Waals surface area contributed by atoms with Crippen molar-refractivity contribution in [1.82, 2.24) is 14.9 Å². The molecule has 0 unspecified atom stereocenters. The van der Waals surface area contributed by atoms with Crippen molar-refractivity contribution in [3.63, 3.8) is 0 Å². The molecule has 0 spiro atoms. The highest BCUT2D eigenvalue weighted by molar-refractivity contribution is 5.85. The summed E-state index contributed by atoms with van der Waals surface area (Å²) >= 11 is 0. The minimum absolute atomic E-state index is 0.110. The Morgan fingerprint density at radius 3 is 2.81 bits per heavy atom. The predicted molar refractivity (Wildman–Crippen MR) is 81.4 cm³/mol. The molecule has 2 heterocycles. The quantitative estimate of drug-likeness (QED) is 0.833. The standard InChI is InChI=1S/C15H24N4O2/c1-11-10-13(18-14(17-11)15(20)21-3)16-7-4-12-5-8-19(2)9-6-12/h10,12H,4-9H2,1-3H3,(H,16,17,18). The van der Waals surface area contributed by atoms with E-state index in [-0.39, 0.29) is 5.82 Å². The van der Waals surface area contributed by atoms with Gasteiger partial charge in [-0.15, -0.1) is 0 Å². The molecule has 21 heavy (non-hydrogen) atoms. The molecule has 1 saturated heterocycles. The average Bonchev–Trinajstić information content (AvgIpc) is 2.48. The third-order valence-electron chi connectivity index (χ3n) is 3.92. The maximum absolute atomic E-state index is 11.5. The number of esters is 1. The molecule has 2 rings (SSSR count). The second-order valence-corrected chi connectivity index (χ2v) is 5.67. The van der Waals surface area contributed by atoms with E-state index in [1.165, 1.54) is 33.0 Å². The number of aryl methyl sites for hydroxylation is 1. The lowest BCUT2D eigenvalue weighted by Gasteiger charge is -2.28. The zero-order chi connectivity index (χ0) is 15.2. The molecular weight excluding hydrogens is 268 g/mol. The summed E-state index contributed by atoms with van der Waals surface area (Å²) in [5, 5.41) is 3.29. The molecule has 0 atom stereocenters. The first kappa shape index (κ1) is 15.7. The van der Waals surface area contributed by atoms with Gasteiger partial charge in [0.25, 0.3) is 0 Å². The molecule has 1 fully saturated rings. The largest absolute Gasteiger partial charge is 0.463 e. The van der Waals surface area contributed by atoms with Crippen LogP contribution in [0.2, 0.25) is 0 Å². The van der Waals surface area contributed by atoms with Crippen LogP contribution in [0.15, 0.2) is 6.07 Å². The fourth-order valence-electron chi connectivity index (χ4n) is 2.60. The first-order chi connectivity index (χ1) is 10.1. The SMILES string of the molecule is COC(=O)c1nc(C)cc(NCCC2CCN(C)CC2)n1. The maximum atomic E-state index is 11.5. The molecule has 6 heteroatoms. The van der Waals surface area contributed by atoms with E-state index in [0.717, 1.165) is 24.6 Å². The third kappa shape index (κ3) is 4.67. The molecule has 1 aromatic rings. The zero-order valence-corrected chi connectivity index (χ0v) is 13.1. The molecule has 0 aliphatic carbocycles. The van der Waals surface area contributed by atoms with Gasteiger partial charge in [-0.05, 0) is 52.2 Å². The topological polar surface area (TPSA) is 67.3 Å². The van der Waals surface area contributed by atoms with Gasteiger partial charge in [0.05, 0.1) is 7.11 Å². The number of hydrogen-bond donors (Lipinski definition) is 1. The summed E-state index contributed by atoms with van der Waals surface area (Å²) in [7, 11) is 3.51. The van der Waals surface area contributed by atoms with Crippen molar-refractivity contribution in [3.05, 3.63) is 17.6 Å². The van der Waals surface area contributed by atoms with Crippen molar-refractivity contribution in [2.24, 2.45) is 5.92 Å². The molecule has 1 aliphatic heterocycles. The van der Waals surface area contributed by atoms with E-state index in [0.29, 0.717) is 5.82 Å². The predicted octanol–water partition coefficient (Wildman–Crippen LogP) is 1.72. The van der Waals surface area contributed by atoms with E-state index in [4.69, 9.17) is 0 Å². The van der Waals surface area contributed by atoms with Gasteiger partial charge in [0, 0.05) is 18.3 Å². The van der Waals surface area contributed by atoms with Crippen molar-refractivity contribution in [2.45, 2.75) is 26.2 Å². The summed E-state index contributed by atoms with van der Waals surface area (Å²) in [5.74, 6) is 1.07. The average molecular weight is 292 g/mol. The number of aromatic nitrogens is 2. The van der Waals surface area contributed by atoms with E-state index >= 15 is 0 Å². The number of ether oxygens (including phenoxy) is 1. The number of hydrogen-bond acceptors (Lipinski definition) is 6. The molecule has 1 aromatic heterocycles. The van der Waals surface area contributed by atoms with Crippen molar-refractivity contribution in [2.75, 3.05) is 39.1 Å². The molecule has 116 valence electrons. The number of rotatable bonds is 5. The Morgan fingerprint density at radius 2 is 2.14 bits per heavy atom. The Hall–Kier alpha value is -1.69. The highest BCUT2D eigenvalue weighted by atomic mass is 16.5. The third-order valence-corrected chi connectivity index (χ3v) is 3.92. The van der Waals surface area contributed by atoms with Crippen molar-refractivity contribution in [1.29, 1.82) is 0 Å². The lowest BCUT2D eigenvalue weighted by Crippen LogP contribution is -2.30. The highest BCUT2D eigenvalue weighted by Crippen LogP contribution is 2.19. The second-order valence-electron chi connectivity index (χ2n) is 5.67. The fourth-order valence-corrected chi connectivity index (χ4v) is 2.60. The fraction of sp³-hybridized carbons (Fsp3) is 0.667. The molecule has 0 radical (unpaired) electrons. The summed E-state index contributed by atoms with van der Waals surface area (Å²) in [6, 6.07) is 1.85. The number of carbonyl (C=O) groups is 1. The second kappa shape index (κ2) is 7.36. The van der Waals surface area contributed by atoms with Gasteiger partial charge in [-0.3, -0.25) is 0 Å². The summed E-state index contributed by atoms with van der Waals surface area (Å²) in [6.45, 7) is 5.08. The molecule has 6 nitrogen and oxygen atoms in total. The summed E-state index contributed by atoms with van der Waals surface area (Å²) < 4.78 is 4.66. The van der Waals surface area contributed by atoms with E-state index in [1.807, 2.05) is 13.0 Å². The van der Waals surface area contributed by atoms with Crippen LogP contribution < -0.4 is 5.32 Å². The van der Waals surface area contributed by atoms with E-state index in [1.54, 1.807) is 0 Å². The minimum atomic E-state index is -0.503. The van der Waals surface area contributed by atoms with Crippen LogP contribution >= 0.6 is 0 Å². The van der Waals surface area contributed by atoms with E-state index in [2.05, 4.69) is 32.0 Å². The first-order valence-corrected chi connectivity index (χ1v) is 7.45. The Morgan fingerprint density at radius 1 is 1.43 bits per heavy atom. The van der Waals surface area contributed by atoms with Gasteiger partial charge in [-0.1, -0.05) is 0 Å². The number of nitrogens with zero attached hydrogens (tertiary/aromatic N) is 3. The maximum Gasteiger partial charge on any atom is 0.376 e. The number of carbonyl (C=O) groups excluding carboxylic acids is 1. The molecule has 1 aliphatic rings. The molecule has 0 aromatic carbocycles. The van der Waals surface area contributed by atoms with Crippen molar-refractivity contribution < 1.29 is 9.53 Å². The Labute approximate surface area is 125 Å². The molecule has 0 bridgehead atoms. The normalized spacial score (nSPS) is 16.7. The lowest BCUT2D eigenvalue weighted by atomic mass is 9.94. The molecule has 0 saturated carbocycles. The van der Waals surface area contributed by atoms with Gasteiger partial charge in [-0.2, -0.15) is 0 Å². The van der Waals surface area contributed by atoms with Crippen molar-refractivity contribution >= 4 is 11.8 Å². The summed E-state index contributed by atoms with van der Waals surface area (Å²) in [4.78, 5) is 22.1. The monoisotopic (exact) mass is 292 g/mol. The van der Waals surface area contributed by atoms with Crippen LogP contribution in [0.5, 0.6) is 0 Å². The number of piperidine rings is 1. The van der Waals surface area contributed by atoms with Gasteiger partial charge >= 0.3 is 5.97 Å². The smallest absolute Gasteiger partial charge is 0.376 e. The van der Waals surface area contributed by atoms with Gasteiger partial charge in [0.2, 0.25) is 5.82 Å². The van der Waals surface area contributed by atoms with E-state index < -0.39 is 5.97 Å². The summed E-state index contributed by atoms with van der Waals surface area (Å²) in [5.41, 5.74) is 0.757. The van der Waals surface area contributed by atoms with E-state index in [9.17, 15) is 4.79 Å². The summed E-state index contributed by atoms with van der Waals surface area (Å²) in [6.07, 6.45) is 3.65. The Balaban J connectivity index is 1.85. The van der Waals surface area contributed by atoms with Crippen LogP contribution in [0.4, 0.5) is 5.82 Å². The molecule has 1 N–H and O–H groups in total. The van der Waals surface area contributed by atoms with Crippen molar-refractivity contribution in [3.8, 4) is 0 Å². The number of likely N-dealkylation sites (tertiary alicyclic amines) is 1. The van der Waals surface area contributed by atoms with Gasteiger partial charge in [-0.25, -0.2) is 14.8 Å². The van der Waals surface area contributed by atoms with Gasteiger partial charge in [0.15, 0.2) is 0 Å². The number of nitrogens with one attached hydrogen (secondary N) is 1. The zero-order valence-electron chi connectivity index (χ0n) is 13.1. The van der Waals surface area contributed by atoms with Crippen LogP contribution in [0.3, 0.4) is 0 Å². The molecular formula is C15H24N4O2. The Kier molecular flexibility index (Phi) is 5.50.